The Bertz CT molecular complexity index is 1290. The Morgan fingerprint density at radius 1 is 1.18 bits per heavy atom. The van der Waals surface area contributed by atoms with Crippen molar-refractivity contribution in [2.45, 2.75) is 83.8 Å². The third-order valence-corrected chi connectivity index (χ3v) is 7.54. The first-order valence-corrected chi connectivity index (χ1v) is 13.6. The number of rotatable bonds is 8. The van der Waals surface area contributed by atoms with Gasteiger partial charge in [0.05, 0.1) is 18.6 Å². The van der Waals surface area contributed by atoms with E-state index in [0.717, 1.165) is 47.1 Å². The lowest BCUT2D eigenvalue weighted by Gasteiger charge is -2.21. The van der Waals surface area contributed by atoms with Gasteiger partial charge in [-0.3, -0.25) is 4.79 Å². The predicted molar refractivity (Wildman–Crippen MR) is 152 cm³/mol. The number of fused-ring (bicyclic) bond motifs is 1. The number of aryl methyl sites for hydroxylation is 3. The highest BCUT2D eigenvalue weighted by Crippen LogP contribution is 2.39. The van der Waals surface area contributed by atoms with Gasteiger partial charge in [-0.25, -0.2) is 4.39 Å². The Hall–Kier alpha value is -3.38. The number of aliphatic hydroxyl groups is 1. The van der Waals surface area contributed by atoms with Gasteiger partial charge < -0.3 is 19.7 Å². The molecule has 2 aromatic rings. The van der Waals surface area contributed by atoms with Crippen molar-refractivity contribution in [3.05, 3.63) is 88.3 Å². The molecule has 0 unspecified atom stereocenters. The topological polar surface area (TPSA) is 76.0 Å². The van der Waals surface area contributed by atoms with E-state index in [-0.39, 0.29) is 12.3 Å². The first kappa shape index (κ1) is 28.6. The zero-order valence-corrected chi connectivity index (χ0v) is 23.4. The van der Waals surface area contributed by atoms with Gasteiger partial charge in [0.2, 0.25) is 0 Å². The molecule has 2 aliphatic rings. The zero-order chi connectivity index (χ0) is 28.3. The number of aliphatic carboxylic acids is 1. The molecule has 39 heavy (non-hydrogen) atoms. The van der Waals surface area contributed by atoms with Gasteiger partial charge in [-0.2, -0.15) is 0 Å². The van der Waals surface area contributed by atoms with Gasteiger partial charge in [0.25, 0.3) is 0 Å². The second-order valence-electron chi connectivity index (χ2n) is 11.5. The highest BCUT2D eigenvalue weighted by atomic mass is 19.1. The minimum atomic E-state index is -0.860. The van der Waals surface area contributed by atoms with Gasteiger partial charge in [-0.05, 0) is 99.8 Å². The summed E-state index contributed by atoms with van der Waals surface area (Å²) in [5, 5.41) is 19.2. The second-order valence-corrected chi connectivity index (χ2v) is 11.5. The molecule has 0 fully saturated rings. The number of hydrogen-bond donors (Lipinski definition) is 2. The van der Waals surface area contributed by atoms with Crippen molar-refractivity contribution in [3.8, 4) is 11.5 Å². The number of allylic oxidation sites excluding steroid dienone is 3. The average Bonchev–Trinajstić information content (AvgIpc) is 3.26. The van der Waals surface area contributed by atoms with Crippen molar-refractivity contribution in [3.63, 3.8) is 0 Å². The van der Waals surface area contributed by atoms with Crippen LogP contribution in [0.1, 0.15) is 79.7 Å². The quantitative estimate of drug-likeness (QED) is 0.370. The van der Waals surface area contributed by atoms with Crippen LogP contribution in [0.25, 0.3) is 5.57 Å². The Morgan fingerprint density at radius 3 is 2.56 bits per heavy atom. The molecule has 1 heterocycles. The smallest absolute Gasteiger partial charge is 0.304 e. The summed E-state index contributed by atoms with van der Waals surface area (Å²) >= 11 is 0. The minimum Gasteiger partial charge on any atom is -0.492 e. The number of hydrogen-bond acceptors (Lipinski definition) is 4. The van der Waals surface area contributed by atoms with Crippen LogP contribution in [0.4, 0.5) is 4.39 Å². The molecule has 0 amide bonds. The normalized spacial score (nSPS) is 22.4. The maximum atomic E-state index is 15.2. The Morgan fingerprint density at radius 2 is 1.90 bits per heavy atom. The van der Waals surface area contributed by atoms with Crippen molar-refractivity contribution in [1.82, 2.24) is 0 Å². The van der Waals surface area contributed by atoms with Crippen LogP contribution in [-0.4, -0.2) is 34.5 Å². The van der Waals surface area contributed by atoms with E-state index in [0.29, 0.717) is 36.5 Å². The highest BCUT2D eigenvalue weighted by Gasteiger charge is 2.28. The van der Waals surface area contributed by atoms with E-state index < -0.39 is 23.5 Å². The van der Waals surface area contributed by atoms with Crippen LogP contribution in [0, 0.1) is 13.8 Å². The third-order valence-electron chi connectivity index (χ3n) is 7.54. The van der Waals surface area contributed by atoms with E-state index in [9.17, 15) is 9.90 Å². The van der Waals surface area contributed by atoms with Crippen molar-refractivity contribution in [2.24, 2.45) is 0 Å². The molecular weight excluding hydrogens is 495 g/mol. The molecular formula is C33H39FO5. The van der Waals surface area contributed by atoms with Crippen molar-refractivity contribution in [1.29, 1.82) is 0 Å². The van der Waals surface area contributed by atoms with E-state index in [1.807, 2.05) is 26.0 Å². The van der Waals surface area contributed by atoms with Gasteiger partial charge in [0, 0.05) is 23.1 Å². The molecule has 0 bridgehead atoms. The number of carbonyl (C=O) groups is 1. The molecule has 5 nitrogen and oxygen atoms in total. The van der Waals surface area contributed by atoms with Crippen LogP contribution >= 0.6 is 0 Å². The fourth-order valence-corrected chi connectivity index (χ4v) is 5.54. The van der Waals surface area contributed by atoms with Gasteiger partial charge in [-0.1, -0.05) is 30.9 Å². The molecule has 0 radical (unpaired) electrons. The summed E-state index contributed by atoms with van der Waals surface area (Å²) in [5.74, 6) is -0.288. The molecule has 0 spiro atoms. The summed E-state index contributed by atoms with van der Waals surface area (Å²) in [7, 11) is 0. The maximum Gasteiger partial charge on any atom is 0.304 e. The molecule has 0 saturated carbocycles. The summed E-state index contributed by atoms with van der Waals surface area (Å²) in [6.45, 7) is 12.2. The molecule has 208 valence electrons. The largest absolute Gasteiger partial charge is 0.492 e. The van der Waals surface area contributed by atoms with Crippen molar-refractivity contribution in [2.75, 3.05) is 6.61 Å². The van der Waals surface area contributed by atoms with E-state index in [4.69, 9.17) is 14.6 Å². The van der Waals surface area contributed by atoms with Gasteiger partial charge in [0.15, 0.2) is 0 Å². The fourth-order valence-electron chi connectivity index (χ4n) is 5.54. The molecule has 6 heteroatoms. The standard InChI is InChI=1S/C33H39FO5/c1-20-15-23(13-14-33(4,5)37)16-21(2)32(20)24-7-6-8-29(22(3)28(34)12-9-24)39-26-10-11-27-25(17-31(35)36)19-38-30(27)18-26/h9-12,15-16,18,25,29,37H,3,6-8,13-14,17,19H2,1-2,4-5H3,(H,35,36)/b24-9+,28-12+/t25-,29-/m1/s1. The number of carboxylic acid groups (broad SMARTS) is 1. The third kappa shape index (κ3) is 7.18. The summed E-state index contributed by atoms with van der Waals surface area (Å²) in [5.41, 5.74) is 6.15. The van der Waals surface area contributed by atoms with Crippen LogP contribution in [0.5, 0.6) is 11.5 Å². The zero-order valence-electron chi connectivity index (χ0n) is 23.4. The number of carboxylic acids is 1. The summed E-state index contributed by atoms with van der Waals surface area (Å²) in [6, 6.07) is 9.73. The van der Waals surface area contributed by atoms with Crippen LogP contribution in [-0.2, 0) is 11.2 Å². The Labute approximate surface area is 230 Å². The second kappa shape index (κ2) is 11.8. The summed E-state index contributed by atoms with van der Waals surface area (Å²) in [4.78, 5) is 11.1. The molecule has 0 aromatic heterocycles. The van der Waals surface area contributed by atoms with Crippen molar-refractivity contribution >= 4 is 11.5 Å². The monoisotopic (exact) mass is 534 g/mol. The molecule has 2 aromatic carbocycles. The predicted octanol–water partition coefficient (Wildman–Crippen LogP) is 7.38. The number of benzene rings is 2. The van der Waals surface area contributed by atoms with E-state index in [1.165, 1.54) is 11.6 Å². The van der Waals surface area contributed by atoms with Gasteiger partial charge in [0.1, 0.15) is 23.4 Å². The molecule has 4 rings (SSSR count). The van der Waals surface area contributed by atoms with Crippen molar-refractivity contribution < 1.29 is 28.9 Å². The van der Waals surface area contributed by atoms with Crippen LogP contribution in [0.3, 0.4) is 0 Å². The Balaban J connectivity index is 1.48. The molecule has 1 aliphatic heterocycles. The molecule has 1 aliphatic carbocycles. The lowest BCUT2D eigenvalue weighted by Crippen LogP contribution is -2.19. The van der Waals surface area contributed by atoms with E-state index >= 15 is 4.39 Å². The molecule has 0 saturated heterocycles. The maximum absolute atomic E-state index is 15.2. The van der Waals surface area contributed by atoms with Gasteiger partial charge >= 0.3 is 5.97 Å². The molecule has 2 N–H and O–H groups in total. The molecule has 2 atom stereocenters. The summed E-state index contributed by atoms with van der Waals surface area (Å²) < 4.78 is 27.2. The highest BCUT2D eigenvalue weighted by molar-refractivity contribution is 5.73. The minimum absolute atomic E-state index is 0.0144. The van der Waals surface area contributed by atoms with Crippen LogP contribution in [0.15, 0.2) is 60.5 Å². The first-order chi connectivity index (χ1) is 18.4. The lowest BCUT2D eigenvalue weighted by atomic mass is 9.88. The van der Waals surface area contributed by atoms with E-state index in [2.05, 4.69) is 32.6 Å². The van der Waals surface area contributed by atoms with Crippen LogP contribution in [0.2, 0.25) is 0 Å². The fraction of sp³-hybridized carbons (Fsp3) is 0.424. The lowest BCUT2D eigenvalue weighted by molar-refractivity contribution is -0.137. The number of halogens is 1. The number of ether oxygens (including phenoxy) is 2. The summed E-state index contributed by atoms with van der Waals surface area (Å²) in [6.07, 6.45) is 6.47. The van der Waals surface area contributed by atoms with Gasteiger partial charge in [-0.15, -0.1) is 0 Å². The van der Waals surface area contributed by atoms with Crippen LogP contribution < -0.4 is 9.47 Å². The van der Waals surface area contributed by atoms with E-state index in [1.54, 1.807) is 12.1 Å². The first-order valence-electron chi connectivity index (χ1n) is 13.6. The average molecular weight is 535 g/mol. The SMILES string of the molecule is C=C1/C(F)=C\C=C(\c2c(C)cc(CCC(C)(C)O)cc2C)CCC[C@H]1Oc1ccc2c(c1)OC[C@H]2CC(=O)O. The Kier molecular flexibility index (Phi) is 8.65.